The Morgan fingerprint density at radius 2 is 1.83 bits per heavy atom. The summed E-state index contributed by atoms with van der Waals surface area (Å²) in [7, 11) is 0. The largest absolute Gasteiger partial charge is 0.362 e. The van der Waals surface area contributed by atoms with Crippen LogP contribution in [0.2, 0.25) is 0 Å². The first kappa shape index (κ1) is 18.8. The summed E-state index contributed by atoms with van der Waals surface area (Å²) >= 11 is 7.35. The smallest absolute Gasteiger partial charge is 0.170 e. The molecule has 2 aromatic rings. The number of rotatable bonds is 7. The molecule has 0 heterocycles. The zero-order valence-electron chi connectivity index (χ0n) is 14.7. The van der Waals surface area contributed by atoms with Crippen molar-refractivity contribution >= 4 is 34.8 Å². The highest BCUT2D eigenvalue weighted by molar-refractivity contribution is 7.98. The van der Waals surface area contributed by atoms with Crippen LogP contribution in [-0.4, -0.2) is 17.4 Å². The molecule has 0 amide bonds. The summed E-state index contributed by atoms with van der Waals surface area (Å²) in [5.41, 5.74) is 6.26. The van der Waals surface area contributed by atoms with Crippen molar-refractivity contribution in [1.29, 1.82) is 0 Å². The maximum Gasteiger partial charge on any atom is 0.170 e. The van der Waals surface area contributed by atoms with Crippen LogP contribution in [0.1, 0.15) is 28.7 Å². The Kier molecular flexibility index (Phi) is 7.60. The molecule has 0 aromatic heterocycles. The molecule has 0 fully saturated rings. The lowest BCUT2D eigenvalue weighted by atomic mass is 10.1. The molecule has 2 rings (SSSR count). The molecule has 128 valence electrons. The van der Waals surface area contributed by atoms with Gasteiger partial charge in [0.15, 0.2) is 5.11 Å². The maximum atomic E-state index is 5.38. The van der Waals surface area contributed by atoms with E-state index in [9.17, 15) is 0 Å². The third kappa shape index (κ3) is 6.54. The minimum absolute atomic E-state index is 0.701. The minimum atomic E-state index is 0.701. The Bertz CT molecular complexity index is 683. The van der Waals surface area contributed by atoms with E-state index in [-0.39, 0.29) is 0 Å². The van der Waals surface area contributed by atoms with Crippen molar-refractivity contribution in [2.24, 2.45) is 0 Å². The van der Waals surface area contributed by atoms with E-state index in [1.807, 2.05) is 11.8 Å². The first-order valence-electron chi connectivity index (χ1n) is 8.30. The van der Waals surface area contributed by atoms with Gasteiger partial charge >= 0.3 is 0 Å². The second-order valence-electron chi connectivity index (χ2n) is 6.09. The molecule has 0 atom stereocenters. The van der Waals surface area contributed by atoms with Crippen molar-refractivity contribution in [3.8, 4) is 0 Å². The summed E-state index contributed by atoms with van der Waals surface area (Å²) in [4.78, 5) is 0. The van der Waals surface area contributed by atoms with Gasteiger partial charge in [0.2, 0.25) is 0 Å². The number of anilines is 1. The van der Waals surface area contributed by atoms with Gasteiger partial charge < -0.3 is 10.6 Å². The Hall–Kier alpha value is -1.52. The van der Waals surface area contributed by atoms with Crippen molar-refractivity contribution in [2.45, 2.75) is 32.9 Å². The van der Waals surface area contributed by atoms with E-state index in [0.717, 1.165) is 30.2 Å². The SMILES string of the molecule is Cc1cccc(CSCCCNC(=S)Nc2cc(C)ccc2C)c1. The third-order valence-electron chi connectivity index (χ3n) is 3.74. The Morgan fingerprint density at radius 1 is 1.04 bits per heavy atom. The van der Waals surface area contributed by atoms with Gasteiger partial charge in [-0.15, -0.1) is 0 Å². The van der Waals surface area contributed by atoms with Gasteiger partial charge in [-0.05, 0) is 67.9 Å². The molecular weight excluding hydrogens is 332 g/mol. The molecule has 0 saturated heterocycles. The lowest BCUT2D eigenvalue weighted by Crippen LogP contribution is -2.29. The highest BCUT2D eigenvalue weighted by Gasteiger charge is 2.01. The van der Waals surface area contributed by atoms with E-state index in [0.29, 0.717) is 5.11 Å². The summed E-state index contributed by atoms with van der Waals surface area (Å²) in [5, 5.41) is 7.28. The molecule has 4 heteroatoms. The summed E-state index contributed by atoms with van der Waals surface area (Å²) in [6.45, 7) is 7.22. The van der Waals surface area contributed by atoms with Gasteiger partial charge in [-0.25, -0.2) is 0 Å². The van der Waals surface area contributed by atoms with Crippen LogP contribution in [0.4, 0.5) is 5.69 Å². The second kappa shape index (κ2) is 9.70. The molecule has 0 aliphatic rings. The molecule has 0 spiro atoms. The summed E-state index contributed by atoms with van der Waals surface area (Å²) < 4.78 is 0. The van der Waals surface area contributed by atoms with Crippen LogP contribution in [0.25, 0.3) is 0 Å². The Balaban J connectivity index is 1.62. The summed E-state index contributed by atoms with van der Waals surface area (Å²) in [5.74, 6) is 2.21. The van der Waals surface area contributed by atoms with Gasteiger partial charge in [-0.2, -0.15) is 11.8 Å². The number of benzene rings is 2. The molecule has 0 aliphatic heterocycles. The molecule has 24 heavy (non-hydrogen) atoms. The first-order chi connectivity index (χ1) is 11.5. The molecule has 2 aromatic carbocycles. The van der Waals surface area contributed by atoms with Crippen molar-refractivity contribution in [3.05, 3.63) is 64.7 Å². The monoisotopic (exact) mass is 358 g/mol. The van der Waals surface area contributed by atoms with E-state index in [1.54, 1.807) is 0 Å². The fourth-order valence-corrected chi connectivity index (χ4v) is 3.53. The molecule has 2 N–H and O–H groups in total. The minimum Gasteiger partial charge on any atom is -0.362 e. The van der Waals surface area contributed by atoms with Crippen molar-refractivity contribution in [1.82, 2.24) is 5.32 Å². The number of thiocarbonyl (C=S) groups is 1. The van der Waals surface area contributed by atoms with Crippen LogP contribution < -0.4 is 10.6 Å². The standard InChI is InChI=1S/C20H26N2S2/c1-15-6-4-7-18(12-15)14-24-11-5-10-21-20(23)22-19-13-16(2)8-9-17(19)3/h4,6-9,12-13H,5,10-11,14H2,1-3H3,(H2,21,22,23). The topological polar surface area (TPSA) is 24.1 Å². The van der Waals surface area contributed by atoms with E-state index in [4.69, 9.17) is 12.2 Å². The number of thioether (sulfide) groups is 1. The Morgan fingerprint density at radius 3 is 2.62 bits per heavy atom. The second-order valence-corrected chi connectivity index (χ2v) is 7.61. The average molecular weight is 359 g/mol. The summed E-state index contributed by atoms with van der Waals surface area (Å²) in [6, 6.07) is 15.1. The quantitative estimate of drug-likeness (QED) is 0.523. The Labute approximate surface area is 155 Å². The van der Waals surface area contributed by atoms with Gasteiger partial charge in [0, 0.05) is 18.0 Å². The number of hydrogen-bond donors (Lipinski definition) is 2. The molecule has 0 bridgehead atoms. The van der Waals surface area contributed by atoms with E-state index >= 15 is 0 Å². The van der Waals surface area contributed by atoms with Crippen LogP contribution in [0, 0.1) is 20.8 Å². The van der Waals surface area contributed by atoms with Crippen LogP contribution in [0.3, 0.4) is 0 Å². The predicted octanol–water partition coefficient (Wildman–Crippen LogP) is 5.22. The normalized spacial score (nSPS) is 10.5. The van der Waals surface area contributed by atoms with E-state index < -0.39 is 0 Å². The van der Waals surface area contributed by atoms with Gasteiger partial charge in [-0.3, -0.25) is 0 Å². The van der Waals surface area contributed by atoms with Crippen LogP contribution in [0.5, 0.6) is 0 Å². The number of aryl methyl sites for hydroxylation is 3. The third-order valence-corrected chi connectivity index (χ3v) is 5.10. The van der Waals surface area contributed by atoms with Gasteiger partial charge in [0.25, 0.3) is 0 Å². The zero-order valence-corrected chi connectivity index (χ0v) is 16.3. The van der Waals surface area contributed by atoms with Gasteiger partial charge in [0.1, 0.15) is 0 Å². The van der Waals surface area contributed by atoms with Crippen LogP contribution >= 0.6 is 24.0 Å². The van der Waals surface area contributed by atoms with Gasteiger partial charge in [0.05, 0.1) is 0 Å². The fraction of sp³-hybridized carbons (Fsp3) is 0.350. The fourth-order valence-electron chi connectivity index (χ4n) is 2.41. The number of nitrogens with one attached hydrogen (secondary N) is 2. The number of hydrogen-bond acceptors (Lipinski definition) is 2. The molecule has 2 nitrogen and oxygen atoms in total. The molecule has 0 unspecified atom stereocenters. The maximum absolute atomic E-state index is 5.38. The van der Waals surface area contributed by atoms with E-state index in [1.165, 1.54) is 22.3 Å². The average Bonchev–Trinajstić information content (AvgIpc) is 2.54. The highest BCUT2D eigenvalue weighted by atomic mass is 32.2. The molecule has 0 aliphatic carbocycles. The molecule has 0 saturated carbocycles. The summed E-state index contributed by atoms with van der Waals surface area (Å²) in [6.07, 6.45) is 1.10. The van der Waals surface area contributed by atoms with Crippen molar-refractivity contribution in [2.75, 3.05) is 17.6 Å². The van der Waals surface area contributed by atoms with Crippen LogP contribution in [-0.2, 0) is 5.75 Å². The first-order valence-corrected chi connectivity index (χ1v) is 9.86. The van der Waals surface area contributed by atoms with Crippen molar-refractivity contribution < 1.29 is 0 Å². The highest BCUT2D eigenvalue weighted by Crippen LogP contribution is 2.16. The van der Waals surface area contributed by atoms with Crippen molar-refractivity contribution in [3.63, 3.8) is 0 Å². The zero-order chi connectivity index (χ0) is 17.4. The lowest BCUT2D eigenvalue weighted by Gasteiger charge is -2.13. The molecule has 0 radical (unpaired) electrons. The van der Waals surface area contributed by atoms with E-state index in [2.05, 4.69) is 73.9 Å². The van der Waals surface area contributed by atoms with Crippen LogP contribution in [0.15, 0.2) is 42.5 Å². The van der Waals surface area contributed by atoms with Gasteiger partial charge in [-0.1, -0.05) is 42.0 Å². The lowest BCUT2D eigenvalue weighted by molar-refractivity contribution is 0.854. The molecular formula is C20H26N2S2. The predicted molar refractivity (Wildman–Crippen MR) is 112 cm³/mol.